The molecule has 1 aromatic carbocycles. The molecule has 0 fully saturated rings. The Balaban J connectivity index is 1.44. The first-order valence-electron chi connectivity index (χ1n) is 7.40. The number of fused-ring (bicyclic) bond motifs is 1. The fourth-order valence-corrected chi connectivity index (χ4v) is 4.22. The number of hydrogen-bond acceptors (Lipinski definition) is 4. The van der Waals surface area contributed by atoms with Gasteiger partial charge in [-0.05, 0) is 17.7 Å². The third-order valence-electron chi connectivity index (χ3n) is 3.55. The van der Waals surface area contributed by atoms with Gasteiger partial charge in [-0.2, -0.15) is 0 Å². The van der Waals surface area contributed by atoms with Crippen LogP contribution in [0.3, 0.4) is 0 Å². The second-order valence-electron chi connectivity index (χ2n) is 5.22. The summed E-state index contributed by atoms with van der Waals surface area (Å²) in [6.07, 6.45) is 4.86. The molecule has 0 saturated heterocycles. The van der Waals surface area contributed by atoms with Crippen molar-refractivity contribution in [3.05, 3.63) is 82.6 Å². The highest BCUT2D eigenvalue weighted by atomic mass is 32.2. The Kier molecular flexibility index (Phi) is 4.13. The number of aromatic nitrogens is 3. The van der Waals surface area contributed by atoms with Gasteiger partial charge < -0.3 is 0 Å². The first-order valence-corrected chi connectivity index (χ1v) is 9.27. The fraction of sp³-hybridized carbons (Fsp3) is 0.111. The van der Waals surface area contributed by atoms with Crippen molar-refractivity contribution in [3.63, 3.8) is 0 Å². The molecule has 3 nitrogen and oxygen atoms in total. The van der Waals surface area contributed by atoms with Crippen LogP contribution in [-0.4, -0.2) is 14.4 Å². The van der Waals surface area contributed by atoms with Crippen molar-refractivity contribution >= 4 is 28.6 Å². The van der Waals surface area contributed by atoms with Crippen molar-refractivity contribution in [2.24, 2.45) is 0 Å². The molecule has 0 aliphatic carbocycles. The van der Waals surface area contributed by atoms with Crippen LogP contribution < -0.4 is 0 Å². The van der Waals surface area contributed by atoms with Gasteiger partial charge in [0.05, 0.1) is 22.4 Å². The van der Waals surface area contributed by atoms with E-state index in [-0.39, 0.29) is 0 Å². The fourth-order valence-electron chi connectivity index (χ4n) is 2.43. The lowest BCUT2D eigenvalue weighted by atomic mass is 10.2. The van der Waals surface area contributed by atoms with Crippen molar-refractivity contribution in [1.82, 2.24) is 14.4 Å². The molecule has 0 unspecified atom stereocenters. The van der Waals surface area contributed by atoms with Crippen molar-refractivity contribution < 1.29 is 0 Å². The van der Waals surface area contributed by atoms with E-state index in [1.807, 2.05) is 30.6 Å². The van der Waals surface area contributed by atoms with E-state index in [1.165, 1.54) is 10.6 Å². The van der Waals surface area contributed by atoms with Crippen LogP contribution in [0.5, 0.6) is 0 Å². The summed E-state index contributed by atoms with van der Waals surface area (Å²) in [5.74, 6) is 0.847. The molecule has 4 rings (SSSR count). The number of rotatable bonds is 5. The van der Waals surface area contributed by atoms with Crippen LogP contribution in [-0.2, 0) is 12.2 Å². The minimum Gasteiger partial charge on any atom is -0.295 e. The minimum absolute atomic E-state index is 0.847. The number of pyridine rings is 1. The molecular formula is C18H15N3S2. The molecule has 0 atom stereocenters. The predicted octanol–water partition coefficient (Wildman–Crippen LogP) is 4.67. The largest absolute Gasteiger partial charge is 0.295 e. The average molecular weight is 337 g/mol. The van der Waals surface area contributed by atoms with Gasteiger partial charge in [-0.15, -0.1) is 11.3 Å². The van der Waals surface area contributed by atoms with Crippen LogP contribution in [0.2, 0.25) is 0 Å². The van der Waals surface area contributed by atoms with Crippen molar-refractivity contribution in [2.75, 3.05) is 0 Å². The molecule has 0 spiro atoms. The summed E-state index contributed by atoms with van der Waals surface area (Å²) in [5.41, 5.74) is 3.55. The molecule has 0 radical (unpaired) electrons. The van der Waals surface area contributed by atoms with Gasteiger partial charge in [-0.3, -0.25) is 4.40 Å². The van der Waals surface area contributed by atoms with E-state index in [9.17, 15) is 0 Å². The van der Waals surface area contributed by atoms with Gasteiger partial charge in [0, 0.05) is 23.8 Å². The number of nitrogens with zero attached hydrogens (tertiary/aromatic N) is 3. The molecule has 0 N–H and O–H groups in total. The number of thioether (sulfide) groups is 1. The van der Waals surface area contributed by atoms with E-state index in [4.69, 9.17) is 4.98 Å². The number of hydrogen-bond donors (Lipinski definition) is 0. The molecule has 0 bridgehead atoms. The zero-order valence-corrected chi connectivity index (χ0v) is 14.1. The molecule has 5 heteroatoms. The molecule has 0 amide bonds. The number of thiazole rings is 1. The van der Waals surface area contributed by atoms with Gasteiger partial charge in [-0.1, -0.05) is 48.2 Å². The molecule has 23 heavy (non-hydrogen) atoms. The average Bonchev–Trinajstić information content (AvgIpc) is 3.21. The predicted molar refractivity (Wildman–Crippen MR) is 96.1 cm³/mol. The normalized spacial score (nSPS) is 11.1. The third-order valence-corrected chi connectivity index (χ3v) is 5.45. The highest BCUT2D eigenvalue weighted by molar-refractivity contribution is 7.98. The Bertz CT molecular complexity index is 912. The number of benzene rings is 1. The molecule has 0 aliphatic heterocycles. The Morgan fingerprint density at radius 2 is 1.91 bits per heavy atom. The van der Waals surface area contributed by atoms with Gasteiger partial charge in [-0.25, -0.2) is 9.97 Å². The summed E-state index contributed by atoms with van der Waals surface area (Å²) in [6, 6.07) is 16.6. The third kappa shape index (κ3) is 3.30. The van der Waals surface area contributed by atoms with Crippen LogP contribution >= 0.6 is 23.1 Å². The summed E-state index contributed by atoms with van der Waals surface area (Å²) in [5, 5.41) is 4.33. The molecule has 4 aromatic rings. The maximum Gasteiger partial charge on any atom is 0.172 e. The molecule has 114 valence electrons. The molecule has 0 saturated carbocycles. The minimum atomic E-state index is 0.847. The van der Waals surface area contributed by atoms with Crippen LogP contribution in [0, 0.1) is 0 Å². The van der Waals surface area contributed by atoms with Crippen molar-refractivity contribution in [3.8, 4) is 0 Å². The lowest BCUT2D eigenvalue weighted by Gasteiger charge is -1.99. The van der Waals surface area contributed by atoms with Gasteiger partial charge in [0.2, 0.25) is 0 Å². The summed E-state index contributed by atoms with van der Waals surface area (Å²) in [6.45, 7) is 0. The van der Waals surface area contributed by atoms with E-state index in [0.29, 0.717) is 0 Å². The van der Waals surface area contributed by atoms with Gasteiger partial charge >= 0.3 is 0 Å². The molecular weight excluding hydrogens is 322 g/mol. The Labute approximate surface area is 143 Å². The topological polar surface area (TPSA) is 30.2 Å². The van der Waals surface area contributed by atoms with Crippen LogP contribution in [0.1, 0.15) is 16.3 Å². The van der Waals surface area contributed by atoms with Crippen LogP contribution in [0.15, 0.2) is 71.5 Å². The SMILES string of the molecule is c1ccc(Cc2nc(CSc3ncc4ccccn34)cs2)cc1. The zero-order valence-electron chi connectivity index (χ0n) is 12.4. The maximum atomic E-state index is 4.75. The van der Waals surface area contributed by atoms with Crippen LogP contribution in [0.25, 0.3) is 5.52 Å². The van der Waals surface area contributed by atoms with E-state index in [0.717, 1.165) is 28.5 Å². The van der Waals surface area contributed by atoms with Gasteiger partial charge in [0.25, 0.3) is 0 Å². The highest BCUT2D eigenvalue weighted by Crippen LogP contribution is 2.24. The number of imidazole rings is 1. The van der Waals surface area contributed by atoms with Crippen LogP contribution in [0.4, 0.5) is 0 Å². The van der Waals surface area contributed by atoms with E-state index in [1.54, 1.807) is 23.1 Å². The standard InChI is InChI=1S/C18H15N3S2/c1-2-6-14(7-3-1)10-17-20-15(12-22-17)13-23-18-19-11-16-8-4-5-9-21(16)18/h1-9,11-12H,10,13H2. The molecule has 0 aliphatic rings. The second-order valence-corrected chi connectivity index (χ2v) is 7.11. The maximum absolute atomic E-state index is 4.75. The van der Waals surface area contributed by atoms with E-state index < -0.39 is 0 Å². The second kappa shape index (κ2) is 6.56. The Morgan fingerprint density at radius 1 is 1.04 bits per heavy atom. The Hall–Kier alpha value is -2.11. The van der Waals surface area contributed by atoms with Crippen molar-refractivity contribution in [2.45, 2.75) is 17.3 Å². The van der Waals surface area contributed by atoms with Gasteiger partial charge in [0.1, 0.15) is 0 Å². The van der Waals surface area contributed by atoms with Gasteiger partial charge in [0.15, 0.2) is 5.16 Å². The zero-order chi connectivity index (χ0) is 15.5. The van der Waals surface area contributed by atoms with E-state index in [2.05, 4.69) is 45.1 Å². The quantitative estimate of drug-likeness (QED) is 0.496. The summed E-state index contributed by atoms with van der Waals surface area (Å²) >= 11 is 3.46. The molecule has 3 heterocycles. The van der Waals surface area contributed by atoms with E-state index >= 15 is 0 Å². The summed E-state index contributed by atoms with van der Waals surface area (Å²) < 4.78 is 2.11. The lowest BCUT2D eigenvalue weighted by molar-refractivity contribution is 0.956. The Morgan fingerprint density at radius 3 is 2.83 bits per heavy atom. The smallest absolute Gasteiger partial charge is 0.172 e. The highest BCUT2D eigenvalue weighted by Gasteiger charge is 2.07. The molecule has 3 aromatic heterocycles. The summed E-state index contributed by atoms with van der Waals surface area (Å²) in [7, 11) is 0. The first-order chi connectivity index (χ1) is 11.4. The first kappa shape index (κ1) is 14.5. The van der Waals surface area contributed by atoms with Crippen molar-refractivity contribution in [1.29, 1.82) is 0 Å². The summed E-state index contributed by atoms with van der Waals surface area (Å²) in [4.78, 5) is 9.23. The lowest BCUT2D eigenvalue weighted by Crippen LogP contribution is -1.90. The monoisotopic (exact) mass is 337 g/mol.